The Bertz CT molecular complexity index is 1060. The molecule has 0 amide bonds. The van der Waals surface area contributed by atoms with E-state index in [4.69, 9.17) is 0 Å². The number of nitrogens with zero attached hydrogens (tertiary/aromatic N) is 2. The second kappa shape index (κ2) is 6.75. The van der Waals surface area contributed by atoms with Crippen molar-refractivity contribution in [3.05, 3.63) is 89.3 Å². The number of rotatable bonds is 4. The maximum absolute atomic E-state index is 13.1. The minimum absolute atomic E-state index is 0.0580. The first-order valence-corrected chi connectivity index (χ1v) is 8.86. The number of benzene rings is 2. The van der Waals surface area contributed by atoms with Gasteiger partial charge in [0.2, 0.25) is 9.84 Å². The summed E-state index contributed by atoms with van der Waals surface area (Å²) >= 11 is 0. The van der Waals surface area contributed by atoms with Gasteiger partial charge in [-0.3, -0.25) is 0 Å². The Morgan fingerprint density at radius 2 is 1.68 bits per heavy atom. The molecule has 0 aliphatic heterocycles. The Labute approximate surface area is 145 Å². The van der Waals surface area contributed by atoms with Gasteiger partial charge < -0.3 is 4.57 Å². The topological polar surface area (TPSA) is 62.9 Å². The molecule has 0 N–H and O–H groups in total. The predicted molar refractivity (Wildman–Crippen MR) is 92.9 cm³/mol. The van der Waals surface area contributed by atoms with Crippen LogP contribution in [0.1, 0.15) is 5.69 Å². The Morgan fingerprint density at radius 1 is 1.00 bits per heavy atom. The van der Waals surface area contributed by atoms with Crippen molar-refractivity contribution in [2.24, 2.45) is 0 Å². The zero-order valence-corrected chi connectivity index (χ0v) is 13.8. The van der Waals surface area contributed by atoms with Crippen molar-refractivity contribution < 1.29 is 12.8 Å². The van der Waals surface area contributed by atoms with Gasteiger partial charge in [-0.25, -0.2) is 12.8 Å². The molecule has 2 aromatic carbocycles. The number of aromatic nitrogens is 1. The average molecular weight is 352 g/mol. The van der Waals surface area contributed by atoms with Crippen LogP contribution < -0.4 is 0 Å². The highest BCUT2D eigenvalue weighted by molar-refractivity contribution is 7.95. The summed E-state index contributed by atoms with van der Waals surface area (Å²) < 4.78 is 40.0. The molecule has 0 spiro atoms. The second-order valence-corrected chi connectivity index (χ2v) is 7.13. The molecule has 0 fully saturated rings. The van der Waals surface area contributed by atoms with Crippen LogP contribution in [0.2, 0.25) is 0 Å². The highest BCUT2D eigenvalue weighted by Gasteiger charge is 2.21. The van der Waals surface area contributed by atoms with Gasteiger partial charge in [0, 0.05) is 17.6 Å². The van der Waals surface area contributed by atoms with Crippen molar-refractivity contribution in [3.8, 4) is 11.8 Å². The van der Waals surface area contributed by atoms with Gasteiger partial charge in [-0.15, -0.1) is 0 Å². The summed E-state index contributed by atoms with van der Waals surface area (Å²) in [6, 6.07) is 18.7. The molecular formula is C19H13FN2O2S. The molecule has 1 heterocycles. The SMILES string of the molecule is N#C/C(=C\c1cccn1-c1ccc(F)cc1)S(=O)(=O)c1ccccc1. The molecule has 0 saturated carbocycles. The monoisotopic (exact) mass is 352 g/mol. The van der Waals surface area contributed by atoms with E-state index in [1.807, 2.05) is 0 Å². The Kier molecular flexibility index (Phi) is 4.50. The largest absolute Gasteiger partial charge is 0.317 e. The molecule has 0 atom stereocenters. The predicted octanol–water partition coefficient (Wildman–Crippen LogP) is 3.95. The Morgan fingerprint density at radius 3 is 2.32 bits per heavy atom. The summed E-state index contributed by atoms with van der Waals surface area (Å²) in [7, 11) is -3.91. The van der Waals surface area contributed by atoms with Crippen LogP contribution in [0.25, 0.3) is 11.8 Å². The van der Waals surface area contributed by atoms with Crippen LogP contribution in [0.3, 0.4) is 0 Å². The van der Waals surface area contributed by atoms with Crippen LogP contribution in [0.4, 0.5) is 4.39 Å². The van der Waals surface area contributed by atoms with Crippen molar-refractivity contribution >= 4 is 15.9 Å². The van der Waals surface area contributed by atoms with E-state index in [9.17, 15) is 18.1 Å². The molecule has 0 bridgehead atoms. The van der Waals surface area contributed by atoms with Crippen molar-refractivity contribution in [1.82, 2.24) is 4.57 Å². The van der Waals surface area contributed by atoms with E-state index in [0.29, 0.717) is 11.4 Å². The molecule has 0 aliphatic carbocycles. The minimum Gasteiger partial charge on any atom is -0.317 e. The van der Waals surface area contributed by atoms with Crippen molar-refractivity contribution in [2.75, 3.05) is 0 Å². The molecule has 0 saturated heterocycles. The van der Waals surface area contributed by atoms with E-state index in [1.165, 1.54) is 30.3 Å². The molecule has 0 radical (unpaired) electrons. The number of nitriles is 1. The lowest BCUT2D eigenvalue weighted by molar-refractivity contribution is 0.603. The smallest absolute Gasteiger partial charge is 0.216 e. The standard InChI is InChI=1S/C19H13FN2O2S/c20-15-8-10-16(11-9-15)22-12-4-5-17(22)13-19(14-21)25(23,24)18-6-2-1-3-7-18/h1-13H/b19-13+. The van der Waals surface area contributed by atoms with Crippen LogP contribution in [-0.4, -0.2) is 13.0 Å². The Hall–Kier alpha value is -3.17. The highest BCUT2D eigenvalue weighted by atomic mass is 32.2. The number of hydrogen-bond donors (Lipinski definition) is 0. The fraction of sp³-hybridized carbons (Fsp3) is 0. The van der Waals surface area contributed by atoms with Crippen LogP contribution >= 0.6 is 0 Å². The average Bonchev–Trinajstić information content (AvgIpc) is 3.09. The molecule has 25 heavy (non-hydrogen) atoms. The number of halogens is 1. The minimum atomic E-state index is -3.91. The summed E-state index contributed by atoms with van der Waals surface area (Å²) in [6.07, 6.45) is 3.02. The summed E-state index contributed by atoms with van der Waals surface area (Å²) in [5.74, 6) is -0.364. The molecule has 124 valence electrons. The maximum Gasteiger partial charge on any atom is 0.216 e. The van der Waals surface area contributed by atoms with Crippen LogP contribution in [-0.2, 0) is 9.84 Å². The fourth-order valence-corrected chi connectivity index (χ4v) is 3.54. The summed E-state index contributed by atoms with van der Waals surface area (Å²) in [4.78, 5) is -0.302. The van der Waals surface area contributed by atoms with Gasteiger partial charge >= 0.3 is 0 Å². The van der Waals surface area contributed by atoms with Gasteiger partial charge in [-0.2, -0.15) is 5.26 Å². The zero-order chi connectivity index (χ0) is 17.9. The van der Waals surface area contributed by atoms with Gasteiger partial charge in [0.1, 0.15) is 11.9 Å². The van der Waals surface area contributed by atoms with Gasteiger partial charge in [0.05, 0.1) is 4.90 Å². The molecule has 3 aromatic rings. The third-order valence-electron chi connectivity index (χ3n) is 3.62. The van der Waals surface area contributed by atoms with Crippen LogP contribution in [0.5, 0.6) is 0 Å². The van der Waals surface area contributed by atoms with Crippen molar-refractivity contribution in [3.63, 3.8) is 0 Å². The van der Waals surface area contributed by atoms with E-state index in [2.05, 4.69) is 0 Å². The third kappa shape index (κ3) is 3.37. The maximum atomic E-state index is 13.1. The molecular weight excluding hydrogens is 339 g/mol. The number of hydrogen-bond acceptors (Lipinski definition) is 3. The first-order chi connectivity index (χ1) is 12.0. The molecule has 4 nitrogen and oxygen atoms in total. The van der Waals surface area contributed by atoms with Crippen LogP contribution in [0.15, 0.2) is 82.7 Å². The van der Waals surface area contributed by atoms with E-state index in [0.717, 1.165) is 0 Å². The van der Waals surface area contributed by atoms with E-state index in [1.54, 1.807) is 59.3 Å². The normalized spacial score (nSPS) is 11.9. The quantitative estimate of drug-likeness (QED) is 0.668. The van der Waals surface area contributed by atoms with Crippen LogP contribution in [0, 0.1) is 17.1 Å². The van der Waals surface area contributed by atoms with E-state index >= 15 is 0 Å². The van der Waals surface area contributed by atoms with Crippen molar-refractivity contribution in [2.45, 2.75) is 4.90 Å². The van der Waals surface area contributed by atoms with Gasteiger partial charge in [0.15, 0.2) is 4.91 Å². The van der Waals surface area contributed by atoms with E-state index < -0.39 is 9.84 Å². The molecule has 0 unspecified atom stereocenters. The van der Waals surface area contributed by atoms with Crippen molar-refractivity contribution in [1.29, 1.82) is 5.26 Å². The lowest BCUT2D eigenvalue weighted by Gasteiger charge is -2.08. The molecule has 0 aliphatic rings. The van der Waals surface area contributed by atoms with E-state index in [-0.39, 0.29) is 15.6 Å². The lowest BCUT2D eigenvalue weighted by atomic mass is 10.3. The fourth-order valence-electron chi connectivity index (χ4n) is 2.38. The lowest BCUT2D eigenvalue weighted by Crippen LogP contribution is -2.04. The molecule has 1 aromatic heterocycles. The first-order valence-electron chi connectivity index (χ1n) is 7.37. The van der Waals surface area contributed by atoms with Gasteiger partial charge in [0.25, 0.3) is 0 Å². The molecule has 3 rings (SSSR count). The second-order valence-electron chi connectivity index (χ2n) is 5.22. The molecule has 6 heteroatoms. The third-order valence-corrected chi connectivity index (χ3v) is 5.30. The number of allylic oxidation sites excluding steroid dienone is 1. The Balaban J connectivity index is 2.07. The first kappa shape index (κ1) is 16.7. The summed E-state index contributed by atoms with van der Waals surface area (Å²) in [5, 5.41) is 9.36. The zero-order valence-electron chi connectivity index (χ0n) is 13.0. The number of sulfone groups is 1. The summed E-state index contributed by atoms with van der Waals surface area (Å²) in [5.41, 5.74) is 1.16. The highest BCUT2D eigenvalue weighted by Crippen LogP contribution is 2.22. The van der Waals surface area contributed by atoms with Gasteiger partial charge in [-0.05, 0) is 54.6 Å². The van der Waals surface area contributed by atoms with Gasteiger partial charge in [-0.1, -0.05) is 18.2 Å². The summed E-state index contributed by atoms with van der Waals surface area (Å²) in [6.45, 7) is 0.